The number of halogens is 5. The molecular formula is C17H12BrCl2F2NO. The Hall–Kier alpha value is -1.17. The summed E-state index contributed by atoms with van der Waals surface area (Å²) in [4.78, 5) is 12.4. The lowest BCUT2D eigenvalue weighted by molar-refractivity contribution is 0.0899. The topological polar surface area (TPSA) is 29.1 Å². The smallest absolute Gasteiger partial charge is 0.255 e. The van der Waals surface area contributed by atoms with Crippen molar-refractivity contribution in [3.05, 3.63) is 67.6 Å². The first kappa shape index (κ1) is 17.6. The number of carbonyl (C=O) groups excluding carboxylic acids is 1. The monoisotopic (exact) mass is 433 g/mol. The van der Waals surface area contributed by atoms with Gasteiger partial charge in [0, 0.05) is 22.0 Å². The highest BCUT2D eigenvalue weighted by Gasteiger charge is 2.35. The molecule has 1 aliphatic rings. The van der Waals surface area contributed by atoms with Gasteiger partial charge in [0.2, 0.25) is 0 Å². The third-order valence-electron chi connectivity index (χ3n) is 4.22. The van der Waals surface area contributed by atoms with Crippen molar-refractivity contribution in [1.29, 1.82) is 0 Å². The average Bonchev–Trinajstić information content (AvgIpc) is 2.50. The number of hydrogen-bond donors (Lipinski definition) is 1. The van der Waals surface area contributed by atoms with Crippen molar-refractivity contribution < 1.29 is 13.6 Å². The molecule has 7 heteroatoms. The third-order valence-corrected chi connectivity index (χ3v) is 5.56. The maximum absolute atomic E-state index is 13.9. The molecule has 1 amide bonds. The van der Waals surface area contributed by atoms with Gasteiger partial charge in [-0.15, -0.1) is 0 Å². The molecule has 0 heterocycles. The van der Waals surface area contributed by atoms with Gasteiger partial charge in [-0.2, -0.15) is 0 Å². The Morgan fingerprint density at radius 1 is 1.12 bits per heavy atom. The Morgan fingerprint density at radius 2 is 1.83 bits per heavy atom. The standard InChI is InChI=1S/C17H12BrCl2F2NO/c18-16-13(22)5-4-12(21)15(16)17(24)23-14-6-3-10(14)9-2-1-8(19)7-11(9)20/h1-2,4-5,7,10,14H,3,6H2,(H,23,24)/t10-,14-/m0/s1. The molecule has 0 unspecified atom stereocenters. The van der Waals surface area contributed by atoms with Crippen LogP contribution in [-0.2, 0) is 0 Å². The lowest BCUT2D eigenvalue weighted by Crippen LogP contribution is -2.45. The van der Waals surface area contributed by atoms with Crippen molar-refractivity contribution in [2.24, 2.45) is 0 Å². The summed E-state index contributed by atoms with van der Waals surface area (Å²) in [6.45, 7) is 0. The maximum atomic E-state index is 13.9. The molecular weight excluding hydrogens is 423 g/mol. The summed E-state index contributed by atoms with van der Waals surface area (Å²) in [7, 11) is 0. The van der Waals surface area contributed by atoms with Crippen molar-refractivity contribution in [2.45, 2.75) is 24.8 Å². The van der Waals surface area contributed by atoms with Crippen LogP contribution in [0.25, 0.3) is 0 Å². The molecule has 0 radical (unpaired) electrons. The molecule has 2 aromatic rings. The van der Waals surface area contributed by atoms with Gasteiger partial charge in [-0.25, -0.2) is 8.78 Å². The van der Waals surface area contributed by atoms with Crippen LogP contribution in [0, 0.1) is 11.6 Å². The van der Waals surface area contributed by atoms with Gasteiger partial charge in [-0.1, -0.05) is 29.3 Å². The fourth-order valence-corrected chi connectivity index (χ4v) is 3.87. The van der Waals surface area contributed by atoms with Crippen LogP contribution < -0.4 is 5.32 Å². The van der Waals surface area contributed by atoms with Crippen LogP contribution in [0.2, 0.25) is 10.0 Å². The first-order chi connectivity index (χ1) is 11.4. The normalized spacial score (nSPS) is 19.7. The fraction of sp³-hybridized carbons (Fsp3) is 0.235. The van der Waals surface area contributed by atoms with Gasteiger partial charge in [0.25, 0.3) is 5.91 Å². The lowest BCUT2D eigenvalue weighted by Gasteiger charge is -2.38. The highest BCUT2D eigenvalue weighted by atomic mass is 79.9. The van der Waals surface area contributed by atoms with Crippen molar-refractivity contribution in [2.75, 3.05) is 0 Å². The molecule has 24 heavy (non-hydrogen) atoms. The van der Waals surface area contributed by atoms with Crippen LogP contribution in [0.5, 0.6) is 0 Å². The van der Waals surface area contributed by atoms with E-state index in [-0.39, 0.29) is 22.0 Å². The number of amides is 1. The van der Waals surface area contributed by atoms with Crippen LogP contribution in [0.4, 0.5) is 8.78 Å². The zero-order valence-electron chi connectivity index (χ0n) is 12.3. The molecule has 1 N–H and O–H groups in total. The Balaban J connectivity index is 1.80. The third kappa shape index (κ3) is 3.30. The average molecular weight is 435 g/mol. The zero-order chi connectivity index (χ0) is 17.4. The summed E-state index contributed by atoms with van der Waals surface area (Å²) < 4.78 is 27.3. The predicted molar refractivity (Wildman–Crippen MR) is 93.7 cm³/mol. The number of hydrogen-bond acceptors (Lipinski definition) is 1. The van der Waals surface area contributed by atoms with Crippen LogP contribution in [0.3, 0.4) is 0 Å². The summed E-state index contributed by atoms with van der Waals surface area (Å²) in [5.74, 6) is -2.10. The molecule has 1 fully saturated rings. The Labute approximate surface area is 156 Å². The van der Waals surface area contributed by atoms with Gasteiger partial charge in [0.1, 0.15) is 11.6 Å². The summed E-state index contributed by atoms with van der Waals surface area (Å²) in [5, 5.41) is 3.83. The second kappa shape index (κ2) is 6.98. The van der Waals surface area contributed by atoms with Gasteiger partial charge < -0.3 is 5.32 Å². The van der Waals surface area contributed by atoms with Crippen molar-refractivity contribution in [1.82, 2.24) is 5.32 Å². The highest BCUT2D eigenvalue weighted by molar-refractivity contribution is 9.10. The van der Waals surface area contributed by atoms with E-state index in [1.165, 1.54) is 0 Å². The van der Waals surface area contributed by atoms with E-state index in [1.54, 1.807) is 12.1 Å². The Bertz CT molecular complexity index is 815. The molecule has 1 saturated carbocycles. The van der Waals surface area contributed by atoms with Gasteiger partial charge in [0.15, 0.2) is 0 Å². The first-order valence-electron chi connectivity index (χ1n) is 7.27. The fourth-order valence-electron chi connectivity index (χ4n) is 2.82. The predicted octanol–water partition coefficient (Wildman–Crippen LogP) is 5.71. The van der Waals surface area contributed by atoms with Crippen molar-refractivity contribution in [3.8, 4) is 0 Å². The molecule has 2 aromatic carbocycles. The van der Waals surface area contributed by atoms with Crippen LogP contribution >= 0.6 is 39.1 Å². The molecule has 1 aliphatic carbocycles. The number of benzene rings is 2. The molecule has 0 aliphatic heterocycles. The van der Waals surface area contributed by atoms with E-state index in [0.717, 1.165) is 30.5 Å². The van der Waals surface area contributed by atoms with E-state index in [2.05, 4.69) is 21.2 Å². The van der Waals surface area contributed by atoms with E-state index in [9.17, 15) is 13.6 Å². The summed E-state index contributed by atoms with van der Waals surface area (Å²) >= 11 is 15.0. The van der Waals surface area contributed by atoms with Gasteiger partial charge >= 0.3 is 0 Å². The summed E-state index contributed by atoms with van der Waals surface area (Å²) in [6, 6.07) is 6.93. The minimum Gasteiger partial charge on any atom is -0.349 e. The minimum atomic E-state index is -0.777. The van der Waals surface area contributed by atoms with Crippen LogP contribution in [0.1, 0.15) is 34.7 Å². The van der Waals surface area contributed by atoms with E-state index in [1.807, 2.05) is 6.07 Å². The van der Waals surface area contributed by atoms with Crippen LogP contribution in [-0.4, -0.2) is 11.9 Å². The summed E-state index contributed by atoms with van der Waals surface area (Å²) in [5.41, 5.74) is 0.555. The van der Waals surface area contributed by atoms with E-state index in [0.29, 0.717) is 10.0 Å². The quantitative estimate of drug-likeness (QED) is 0.616. The molecule has 126 valence electrons. The van der Waals surface area contributed by atoms with Crippen LogP contribution in [0.15, 0.2) is 34.8 Å². The Kier molecular flexibility index (Phi) is 5.13. The largest absolute Gasteiger partial charge is 0.349 e. The number of rotatable bonds is 3. The maximum Gasteiger partial charge on any atom is 0.255 e. The summed E-state index contributed by atoms with van der Waals surface area (Å²) in [6.07, 6.45) is 1.59. The second-order valence-electron chi connectivity index (χ2n) is 5.65. The van der Waals surface area contributed by atoms with Gasteiger partial charge in [-0.05, 0) is 58.6 Å². The van der Waals surface area contributed by atoms with Crippen molar-refractivity contribution in [3.63, 3.8) is 0 Å². The Morgan fingerprint density at radius 3 is 2.46 bits per heavy atom. The van der Waals surface area contributed by atoms with E-state index >= 15 is 0 Å². The number of nitrogens with one attached hydrogen (secondary N) is 1. The van der Waals surface area contributed by atoms with Gasteiger partial charge in [0.05, 0.1) is 10.0 Å². The van der Waals surface area contributed by atoms with Crippen molar-refractivity contribution >= 4 is 45.0 Å². The molecule has 3 rings (SSSR count). The number of carbonyl (C=O) groups is 1. The second-order valence-corrected chi connectivity index (χ2v) is 7.28. The molecule has 2 nitrogen and oxygen atoms in total. The molecule has 0 saturated heterocycles. The first-order valence-corrected chi connectivity index (χ1v) is 8.82. The van der Waals surface area contributed by atoms with E-state index in [4.69, 9.17) is 23.2 Å². The zero-order valence-corrected chi connectivity index (χ0v) is 15.4. The van der Waals surface area contributed by atoms with E-state index < -0.39 is 17.5 Å². The lowest BCUT2D eigenvalue weighted by atomic mass is 9.75. The minimum absolute atomic E-state index is 0.0223. The molecule has 2 atom stereocenters. The molecule has 0 spiro atoms. The highest BCUT2D eigenvalue weighted by Crippen LogP contribution is 2.41. The van der Waals surface area contributed by atoms with Gasteiger partial charge in [-0.3, -0.25) is 4.79 Å². The molecule has 0 bridgehead atoms. The molecule has 0 aromatic heterocycles. The SMILES string of the molecule is O=C(N[C@H]1CC[C@H]1c1ccc(Cl)cc1Cl)c1c(F)ccc(F)c1Br.